The maximum absolute atomic E-state index is 10.6. The first-order valence-corrected chi connectivity index (χ1v) is 6.97. The molecule has 0 saturated carbocycles. The van der Waals surface area contributed by atoms with Gasteiger partial charge < -0.3 is 14.9 Å². The highest BCUT2D eigenvalue weighted by Crippen LogP contribution is 2.13. The van der Waals surface area contributed by atoms with Gasteiger partial charge in [0.1, 0.15) is 12.4 Å². The molecule has 1 aromatic carbocycles. The molecule has 1 aromatic rings. The van der Waals surface area contributed by atoms with Crippen LogP contribution in [0.25, 0.3) is 0 Å². The Morgan fingerprint density at radius 2 is 1.90 bits per heavy atom. The molecule has 5 nitrogen and oxygen atoms in total. The van der Waals surface area contributed by atoms with Gasteiger partial charge in [-0.25, -0.2) is 0 Å². The average Bonchev–Trinajstić information content (AvgIpc) is 2.42. The second kappa shape index (κ2) is 7.26. The van der Waals surface area contributed by atoms with Crippen LogP contribution in [-0.4, -0.2) is 53.4 Å². The van der Waals surface area contributed by atoms with Crippen molar-refractivity contribution in [1.29, 1.82) is 0 Å². The lowest BCUT2D eigenvalue weighted by Gasteiger charge is -2.29. The van der Waals surface area contributed by atoms with Crippen molar-refractivity contribution in [2.75, 3.05) is 26.2 Å². The summed E-state index contributed by atoms with van der Waals surface area (Å²) in [6, 6.07) is 7.16. The van der Waals surface area contributed by atoms with E-state index >= 15 is 0 Å². The molecule has 0 aromatic heterocycles. The number of hydrogen-bond acceptors (Lipinski definition) is 4. The third kappa shape index (κ3) is 4.83. The zero-order valence-corrected chi connectivity index (χ0v) is 11.5. The van der Waals surface area contributed by atoms with Crippen LogP contribution < -0.4 is 4.74 Å². The van der Waals surface area contributed by atoms with E-state index in [4.69, 9.17) is 9.84 Å². The van der Waals surface area contributed by atoms with E-state index in [-0.39, 0.29) is 12.5 Å². The second-order valence-corrected chi connectivity index (χ2v) is 5.14. The summed E-state index contributed by atoms with van der Waals surface area (Å²) in [6.07, 6.45) is 1.57. The van der Waals surface area contributed by atoms with Crippen LogP contribution in [0.4, 0.5) is 0 Å². The fraction of sp³-hybridized carbons (Fsp3) is 0.533. The Balaban J connectivity index is 1.70. The summed E-state index contributed by atoms with van der Waals surface area (Å²) < 4.78 is 5.64. The van der Waals surface area contributed by atoms with Gasteiger partial charge in [-0.1, -0.05) is 12.1 Å². The molecule has 2 N–H and O–H groups in total. The first-order chi connectivity index (χ1) is 9.63. The first-order valence-electron chi connectivity index (χ1n) is 6.97. The number of hydrogen-bond donors (Lipinski definition) is 2. The van der Waals surface area contributed by atoms with Gasteiger partial charge >= 0.3 is 5.97 Å². The number of ether oxygens (including phenoxy) is 1. The summed E-state index contributed by atoms with van der Waals surface area (Å²) in [7, 11) is 0. The molecule has 110 valence electrons. The number of likely N-dealkylation sites (tertiary alicyclic amines) is 1. The number of nitrogens with zero attached hydrogens (tertiary/aromatic N) is 1. The molecule has 5 heteroatoms. The third-order valence-electron chi connectivity index (χ3n) is 3.51. The number of aliphatic hydroxyl groups excluding tert-OH is 1. The standard InChI is InChI=1S/C15H21NO4/c17-13-5-7-16(8-6-13)9-10-20-14-3-1-12(2-4-14)11-15(18)19/h1-4,13,17H,5-11H2,(H,18,19). The van der Waals surface area contributed by atoms with Gasteiger partial charge in [0.15, 0.2) is 0 Å². The summed E-state index contributed by atoms with van der Waals surface area (Å²) in [4.78, 5) is 12.9. The Hall–Kier alpha value is -1.59. The van der Waals surface area contributed by atoms with Crippen LogP contribution in [0.5, 0.6) is 5.75 Å². The predicted octanol–water partition coefficient (Wildman–Crippen LogP) is 1.15. The van der Waals surface area contributed by atoms with Crippen LogP contribution in [0, 0.1) is 0 Å². The Bertz CT molecular complexity index is 424. The lowest BCUT2D eigenvalue weighted by Crippen LogP contribution is -2.38. The minimum atomic E-state index is -0.828. The number of carbonyl (C=O) groups is 1. The lowest BCUT2D eigenvalue weighted by molar-refractivity contribution is -0.136. The van der Waals surface area contributed by atoms with Gasteiger partial charge in [-0.2, -0.15) is 0 Å². The maximum Gasteiger partial charge on any atom is 0.307 e. The van der Waals surface area contributed by atoms with Crippen molar-refractivity contribution >= 4 is 5.97 Å². The number of carboxylic acid groups (broad SMARTS) is 1. The lowest BCUT2D eigenvalue weighted by atomic mass is 10.1. The molecule has 0 amide bonds. The van der Waals surface area contributed by atoms with Crippen molar-refractivity contribution in [2.45, 2.75) is 25.4 Å². The van der Waals surface area contributed by atoms with E-state index in [1.165, 1.54) is 0 Å². The molecule has 0 atom stereocenters. The van der Waals surface area contributed by atoms with E-state index in [1.54, 1.807) is 24.3 Å². The van der Waals surface area contributed by atoms with E-state index in [0.29, 0.717) is 6.61 Å². The smallest absolute Gasteiger partial charge is 0.307 e. The molecular weight excluding hydrogens is 258 g/mol. The van der Waals surface area contributed by atoms with Crippen molar-refractivity contribution in [3.05, 3.63) is 29.8 Å². The Kier molecular flexibility index (Phi) is 5.38. The largest absolute Gasteiger partial charge is 0.492 e. The Labute approximate surface area is 118 Å². The first kappa shape index (κ1) is 14.8. The van der Waals surface area contributed by atoms with Crippen molar-refractivity contribution in [1.82, 2.24) is 4.90 Å². The topological polar surface area (TPSA) is 70.0 Å². The van der Waals surface area contributed by atoms with Crippen LogP contribution in [0.1, 0.15) is 18.4 Å². The molecule has 2 rings (SSSR count). The van der Waals surface area contributed by atoms with Crippen LogP contribution in [0.15, 0.2) is 24.3 Å². The fourth-order valence-corrected chi connectivity index (χ4v) is 2.31. The molecule has 0 aliphatic carbocycles. The SMILES string of the molecule is O=C(O)Cc1ccc(OCCN2CCC(O)CC2)cc1. The van der Waals surface area contributed by atoms with E-state index in [9.17, 15) is 9.90 Å². The quantitative estimate of drug-likeness (QED) is 0.817. The molecule has 1 aliphatic heterocycles. The zero-order chi connectivity index (χ0) is 14.4. The van der Waals surface area contributed by atoms with Crippen molar-refractivity contribution in [3.63, 3.8) is 0 Å². The molecule has 0 radical (unpaired) electrons. The second-order valence-electron chi connectivity index (χ2n) is 5.14. The monoisotopic (exact) mass is 279 g/mol. The number of carboxylic acids is 1. The van der Waals surface area contributed by atoms with Gasteiger partial charge in [0.2, 0.25) is 0 Å². The number of benzene rings is 1. The zero-order valence-electron chi connectivity index (χ0n) is 11.5. The highest BCUT2D eigenvalue weighted by Gasteiger charge is 2.16. The summed E-state index contributed by atoms with van der Waals surface area (Å²) in [5.41, 5.74) is 0.773. The number of aliphatic hydroxyl groups is 1. The number of piperidine rings is 1. The van der Waals surface area contributed by atoms with E-state index < -0.39 is 5.97 Å². The van der Waals surface area contributed by atoms with Crippen LogP contribution in [0.3, 0.4) is 0 Å². The van der Waals surface area contributed by atoms with E-state index in [1.807, 2.05) is 0 Å². The number of aliphatic carboxylic acids is 1. The summed E-state index contributed by atoms with van der Waals surface area (Å²) in [5.74, 6) is -0.0675. The molecule has 0 unspecified atom stereocenters. The highest BCUT2D eigenvalue weighted by atomic mass is 16.5. The fourth-order valence-electron chi connectivity index (χ4n) is 2.31. The van der Waals surface area contributed by atoms with E-state index in [2.05, 4.69) is 4.90 Å². The molecule has 1 heterocycles. The van der Waals surface area contributed by atoms with Gasteiger partial charge in [-0.05, 0) is 30.5 Å². The highest BCUT2D eigenvalue weighted by molar-refractivity contribution is 5.70. The van der Waals surface area contributed by atoms with Crippen LogP contribution in [-0.2, 0) is 11.2 Å². The predicted molar refractivity (Wildman–Crippen MR) is 75.0 cm³/mol. The van der Waals surface area contributed by atoms with Crippen molar-refractivity contribution in [3.8, 4) is 5.75 Å². The van der Waals surface area contributed by atoms with Crippen LogP contribution in [0.2, 0.25) is 0 Å². The van der Waals surface area contributed by atoms with Gasteiger partial charge in [0.05, 0.1) is 12.5 Å². The van der Waals surface area contributed by atoms with Gasteiger partial charge in [-0.15, -0.1) is 0 Å². The van der Waals surface area contributed by atoms with Gasteiger partial charge in [-0.3, -0.25) is 9.69 Å². The van der Waals surface area contributed by atoms with Crippen molar-refractivity contribution in [2.24, 2.45) is 0 Å². The molecule has 1 aliphatic rings. The minimum absolute atomic E-state index is 0.0381. The summed E-state index contributed by atoms with van der Waals surface area (Å²) in [5, 5.41) is 18.1. The van der Waals surface area contributed by atoms with Gasteiger partial charge in [0.25, 0.3) is 0 Å². The Morgan fingerprint density at radius 1 is 1.25 bits per heavy atom. The Morgan fingerprint density at radius 3 is 2.50 bits per heavy atom. The van der Waals surface area contributed by atoms with Crippen molar-refractivity contribution < 1.29 is 19.7 Å². The maximum atomic E-state index is 10.6. The third-order valence-corrected chi connectivity index (χ3v) is 3.51. The molecule has 1 saturated heterocycles. The normalized spacial score (nSPS) is 17.1. The number of rotatable bonds is 6. The molecule has 20 heavy (non-hydrogen) atoms. The minimum Gasteiger partial charge on any atom is -0.492 e. The molecular formula is C15H21NO4. The van der Waals surface area contributed by atoms with E-state index in [0.717, 1.165) is 43.8 Å². The molecule has 0 spiro atoms. The van der Waals surface area contributed by atoms with Crippen LogP contribution >= 0.6 is 0 Å². The average molecular weight is 279 g/mol. The molecule has 0 bridgehead atoms. The van der Waals surface area contributed by atoms with Gasteiger partial charge in [0, 0.05) is 19.6 Å². The summed E-state index contributed by atoms with van der Waals surface area (Å²) >= 11 is 0. The summed E-state index contributed by atoms with van der Waals surface area (Å²) in [6.45, 7) is 3.29. The molecule has 1 fully saturated rings.